The number of thioether (sulfide) groups is 1. The van der Waals surface area contributed by atoms with Crippen LogP contribution in [0.5, 0.6) is 5.88 Å². The summed E-state index contributed by atoms with van der Waals surface area (Å²) in [5.41, 5.74) is 1.25. The first-order valence-electron chi connectivity index (χ1n) is 9.56. The van der Waals surface area contributed by atoms with Crippen LogP contribution in [0.1, 0.15) is 18.4 Å². The first-order valence-corrected chi connectivity index (χ1v) is 10.7. The molecule has 1 aliphatic heterocycles. The van der Waals surface area contributed by atoms with Crippen LogP contribution in [-0.4, -0.2) is 46.0 Å². The molecule has 0 unspecified atom stereocenters. The Hall–Kier alpha value is -2.60. The molecule has 28 heavy (non-hydrogen) atoms. The first kappa shape index (κ1) is 18.7. The fourth-order valence-electron chi connectivity index (χ4n) is 3.39. The summed E-state index contributed by atoms with van der Waals surface area (Å²) >= 11 is 1.67. The standard InChI is InChI=1S/C22H23N3O2S/c26-21(16-28-15-17-6-2-1-3-7-17)25-12-10-19(11-13-25)27-22-20-9-5-4-8-18(20)14-23-24-22/h1-9,14,19H,10-13,15-16H2. The fraction of sp³-hybridized carbons (Fsp3) is 0.318. The Kier molecular flexibility index (Phi) is 6.07. The van der Waals surface area contributed by atoms with Crippen molar-refractivity contribution < 1.29 is 9.53 Å². The summed E-state index contributed by atoms with van der Waals surface area (Å²) in [6, 6.07) is 18.2. The molecular weight excluding hydrogens is 370 g/mol. The Morgan fingerprint density at radius 3 is 2.64 bits per heavy atom. The number of hydrogen-bond acceptors (Lipinski definition) is 5. The number of likely N-dealkylation sites (tertiary alicyclic amines) is 1. The number of aromatic nitrogens is 2. The normalized spacial score (nSPS) is 14.9. The third-order valence-electron chi connectivity index (χ3n) is 4.95. The summed E-state index contributed by atoms with van der Waals surface area (Å²) < 4.78 is 6.12. The fourth-order valence-corrected chi connectivity index (χ4v) is 4.28. The molecule has 2 aromatic carbocycles. The molecule has 1 amide bonds. The van der Waals surface area contributed by atoms with Crippen molar-refractivity contribution in [1.29, 1.82) is 0 Å². The molecule has 1 aliphatic rings. The summed E-state index contributed by atoms with van der Waals surface area (Å²) in [6.45, 7) is 1.46. The summed E-state index contributed by atoms with van der Waals surface area (Å²) in [7, 11) is 0. The van der Waals surface area contributed by atoms with Crippen molar-refractivity contribution in [2.24, 2.45) is 0 Å². The lowest BCUT2D eigenvalue weighted by Crippen LogP contribution is -2.42. The third kappa shape index (κ3) is 4.62. The van der Waals surface area contributed by atoms with Gasteiger partial charge in [-0.25, -0.2) is 0 Å². The molecule has 6 heteroatoms. The lowest BCUT2D eigenvalue weighted by molar-refractivity contribution is -0.130. The van der Waals surface area contributed by atoms with E-state index in [1.807, 2.05) is 47.4 Å². The van der Waals surface area contributed by atoms with Crippen molar-refractivity contribution in [3.63, 3.8) is 0 Å². The van der Waals surface area contributed by atoms with Gasteiger partial charge in [0.2, 0.25) is 11.8 Å². The average Bonchev–Trinajstić information content (AvgIpc) is 2.75. The molecule has 2 heterocycles. The number of carbonyl (C=O) groups is 1. The number of hydrogen-bond donors (Lipinski definition) is 0. The van der Waals surface area contributed by atoms with Crippen molar-refractivity contribution >= 4 is 28.4 Å². The van der Waals surface area contributed by atoms with Gasteiger partial charge in [0, 0.05) is 42.5 Å². The van der Waals surface area contributed by atoms with Crippen LogP contribution in [0.3, 0.4) is 0 Å². The van der Waals surface area contributed by atoms with E-state index in [2.05, 4.69) is 22.3 Å². The van der Waals surface area contributed by atoms with Crippen LogP contribution in [-0.2, 0) is 10.5 Å². The highest BCUT2D eigenvalue weighted by molar-refractivity contribution is 7.99. The predicted octanol–water partition coefficient (Wildman–Crippen LogP) is 3.93. The minimum Gasteiger partial charge on any atom is -0.473 e. The maximum Gasteiger partial charge on any atom is 0.241 e. The zero-order valence-electron chi connectivity index (χ0n) is 15.7. The highest BCUT2D eigenvalue weighted by atomic mass is 32.2. The largest absolute Gasteiger partial charge is 0.473 e. The van der Waals surface area contributed by atoms with Crippen LogP contribution in [0.25, 0.3) is 10.8 Å². The van der Waals surface area contributed by atoms with E-state index in [0.717, 1.165) is 42.5 Å². The summed E-state index contributed by atoms with van der Waals surface area (Å²) in [4.78, 5) is 14.4. The molecule has 1 aromatic heterocycles. The monoisotopic (exact) mass is 393 g/mol. The van der Waals surface area contributed by atoms with Gasteiger partial charge in [-0.1, -0.05) is 48.5 Å². The van der Waals surface area contributed by atoms with E-state index >= 15 is 0 Å². The molecule has 3 aromatic rings. The zero-order chi connectivity index (χ0) is 19.2. The maximum atomic E-state index is 12.5. The van der Waals surface area contributed by atoms with Crippen LogP contribution in [0.2, 0.25) is 0 Å². The molecule has 0 saturated carbocycles. The van der Waals surface area contributed by atoms with E-state index in [0.29, 0.717) is 11.6 Å². The molecule has 0 radical (unpaired) electrons. The number of ether oxygens (including phenoxy) is 1. The van der Waals surface area contributed by atoms with Crippen LogP contribution in [0.15, 0.2) is 60.8 Å². The number of rotatable bonds is 6. The summed E-state index contributed by atoms with van der Waals surface area (Å²) in [6.07, 6.45) is 3.46. The van der Waals surface area contributed by atoms with Crippen LogP contribution >= 0.6 is 11.8 Å². The maximum absolute atomic E-state index is 12.5. The highest BCUT2D eigenvalue weighted by Gasteiger charge is 2.24. The van der Waals surface area contributed by atoms with Crippen molar-refractivity contribution in [3.8, 4) is 5.88 Å². The zero-order valence-corrected chi connectivity index (χ0v) is 16.5. The van der Waals surface area contributed by atoms with Crippen molar-refractivity contribution in [3.05, 3.63) is 66.4 Å². The predicted molar refractivity (Wildman–Crippen MR) is 112 cm³/mol. The van der Waals surface area contributed by atoms with Gasteiger partial charge in [-0.05, 0) is 11.6 Å². The Balaban J connectivity index is 1.25. The van der Waals surface area contributed by atoms with Gasteiger partial charge in [-0.2, -0.15) is 5.10 Å². The van der Waals surface area contributed by atoms with Gasteiger partial charge in [-0.15, -0.1) is 16.9 Å². The van der Waals surface area contributed by atoms with E-state index in [-0.39, 0.29) is 12.0 Å². The Bertz CT molecular complexity index is 922. The molecule has 1 saturated heterocycles. The number of piperidine rings is 1. The number of nitrogens with zero attached hydrogens (tertiary/aromatic N) is 3. The Morgan fingerprint density at radius 1 is 1.07 bits per heavy atom. The molecule has 0 aliphatic carbocycles. The van der Waals surface area contributed by atoms with Gasteiger partial charge in [0.05, 0.1) is 11.9 Å². The Labute approximate surface area is 169 Å². The number of benzene rings is 2. The first-order chi connectivity index (χ1) is 13.8. The molecule has 5 nitrogen and oxygen atoms in total. The minimum atomic E-state index is 0.0705. The number of carbonyl (C=O) groups excluding carboxylic acids is 1. The lowest BCUT2D eigenvalue weighted by Gasteiger charge is -2.32. The quantitative estimate of drug-likeness (QED) is 0.635. The molecule has 4 rings (SSSR count). The summed E-state index contributed by atoms with van der Waals surface area (Å²) in [5, 5.41) is 10.2. The van der Waals surface area contributed by atoms with Gasteiger partial charge in [-0.3, -0.25) is 4.79 Å². The second kappa shape index (κ2) is 9.06. The van der Waals surface area contributed by atoms with Gasteiger partial charge >= 0.3 is 0 Å². The van der Waals surface area contributed by atoms with E-state index in [9.17, 15) is 4.79 Å². The van der Waals surface area contributed by atoms with Crippen LogP contribution in [0.4, 0.5) is 0 Å². The van der Waals surface area contributed by atoms with Gasteiger partial charge in [0.1, 0.15) is 6.10 Å². The topological polar surface area (TPSA) is 55.3 Å². The molecular formula is C22H23N3O2S. The average molecular weight is 394 g/mol. The van der Waals surface area contributed by atoms with E-state index in [1.165, 1.54) is 5.56 Å². The second-order valence-corrected chi connectivity index (χ2v) is 7.90. The van der Waals surface area contributed by atoms with Crippen LogP contribution in [0, 0.1) is 0 Å². The van der Waals surface area contributed by atoms with E-state index in [1.54, 1.807) is 18.0 Å². The Morgan fingerprint density at radius 2 is 1.82 bits per heavy atom. The number of amides is 1. The highest BCUT2D eigenvalue weighted by Crippen LogP contribution is 2.25. The van der Waals surface area contributed by atoms with Gasteiger partial charge < -0.3 is 9.64 Å². The molecule has 144 valence electrons. The smallest absolute Gasteiger partial charge is 0.241 e. The van der Waals surface area contributed by atoms with Crippen molar-refractivity contribution in [2.75, 3.05) is 18.8 Å². The number of fused-ring (bicyclic) bond motifs is 1. The summed E-state index contributed by atoms with van der Waals surface area (Å²) in [5.74, 6) is 2.19. The molecule has 0 bridgehead atoms. The molecule has 0 atom stereocenters. The third-order valence-corrected chi connectivity index (χ3v) is 5.94. The van der Waals surface area contributed by atoms with Crippen LogP contribution < -0.4 is 4.74 Å². The van der Waals surface area contributed by atoms with Gasteiger partial charge in [0.25, 0.3) is 0 Å². The second-order valence-electron chi connectivity index (χ2n) is 6.91. The minimum absolute atomic E-state index is 0.0705. The van der Waals surface area contributed by atoms with E-state index < -0.39 is 0 Å². The van der Waals surface area contributed by atoms with E-state index in [4.69, 9.17) is 4.74 Å². The van der Waals surface area contributed by atoms with Gasteiger partial charge in [0.15, 0.2) is 0 Å². The van der Waals surface area contributed by atoms with Crippen molar-refractivity contribution in [2.45, 2.75) is 24.7 Å². The van der Waals surface area contributed by atoms with Crippen molar-refractivity contribution in [1.82, 2.24) is 15.1 Å². The lowest BCUT2D eigenvalue weighted by atomic mass is 10.1. The molecule has 0 N–H and O–H groups in total. The SMILES string of the molecule is O=C(CSCc1ccccc1)N1CCC(Oc2nncc3ccccc23)CC1. The molecule has 0 spiro atoms. The molecule has 1 fully saturated rings.